The molecule has 10 heteroatoms. The van der Waals surface area contributed by atoms with Gasteiger partial charge in [0.15, 0.2) is 5.65 Å². The van der Waals surface area contributed by atoms with Crippen LogP contribution in [0.15, 0.2) is 29.3 Å². The average Bonchev–Trinajstić information content (AvgIpc) is 3.00. The maximum atomic E-state index is 13.2. The molecule has 4 rings (SSSR count). The molecule has 0 aliphatic carbocycles. The van der Waals surface area contributed by atoms with Gasteiger partial charge in [-0.2, -0.15) is 9.78 Å². The van der Waals surface area contributed by atoms with E-state index in [1.807, 2.05) is 0 Å². The van der Waals surface area contributed by atoms with Crippen molar-refractivity contribution < 1.29 is 8.78 Å². The molecule has 0 bridgehead atoms. The SMILES string of the molecule is Cc1nc2c(C#N)c(C(F)F)[nH]n2c(=O)c1-c1ncnc2cc(Cl)ccc12. The Morgan fingerprint density at radius 2 is 2.11 bits per heavy atom. The summed E-state index contributed by atoms with van der Waals surface area (Å²) in [5, 5.41) is 12.5. The molecule has 27 heavy (non-hydrogen) atoms. The van der Waals surface area contributed by atoms with E-state index in [0.717, 1.165) is 4.52 Å². The number of hydrogen-bond donors (Lipinski definition) is 1. The predicted molar refractivity (Wildman–Crippen MR) is 93.8 cm³/mol. The zero-order valence-corrected chi connectivity index (χ0v) is 14.4. The Labute approximate surface area is 154 Å². The molecule has 0 atom stereocenters. The highest BCUT2D eigenvalue weighted by Crippen LogP contribution is 2.28. The van der Waals surface area contributed by atoms with Gasteiger partial charge in [-0.25, -0.2) is 23.7 Å². The molecule has 0 aliphatic rings. The van der Waals surface area contributed by atoms with Gasteiger partial charge in [-0.3, -0.25) is 9.89 Å². The molecule has 3 aromatic heterocycles. The van der Waals surface area contributed by atoms with Crippen molar-refractivity contribution in [1.29, 1.82) is 5.26 Å². The molecule has 1 aromatic carbocycles. The third-order valence-electron chi connectivity index (χ3n) is 4.15. The number of H-pyrrole nitrogens is 1. The van der Waals surface area contributed by atoms with Crippen LogP contribution in [0.25, 0.3) is 27.8 Å². The summed E-state index contributed by atoms with van der Waals surface area (Å²) in [6.07, 6.45) is -1.67. The fourth-order valence-corrected chi connectivity index (χ4v) is 3.13. The van der Waals surface area contributed by atoms with Crippen LogP contribution < -0.4 is 5.56 Å². The second kappa shape index (κ2) is 6.10. The number of aromatic amines is 1. The van der Waals surface area contributed by atoms with Crippen molar-refractivity contribution in [3.63, 3.8) is 0 Å². The minimum absolute atomic E-state index is 0.119. The predicted octanol–water partition coefficient (Wildman–Crippen LogP) is 3.40. The third-order valence-corrected chi connectivity index (χ3v) is 4.39. The number of nitrogens with one attached hydrogen (secondary N) is 1. The monoisotopic (exact) mass is 386 g/mol. The Morgan fingerprint density at radius 3 is 2.81 bits per heavy atom. The molecule has 0 saturated heterocycles. The van der Waals surface area contributed by atoms with Crippen molar-refractivity contribution >= 4 is 28.2 Å². The van der Waals surface area contributed by atoms with Gasteiger partial charge in [0, 0.05) is 10.4 Å². The van der Waals surface area contributed by atoms with Gasteiger partial charge in [-0.15, -0.1) is 0 Å². The van der Waals surface area contributed by atoms with Gasteiger partial charge < -0.3 is 0 Å². The summed E-state index contributed by atoms with van der Waals surface area (Å²) in [7, 11) is 0. The number of hydrogen-bond acceptors (Lipinski definition) is 5. The highest BCUT2D eigenvalue weighted by Gasteiger charge is 2.24. The number of alkyl halides is 2. The first-order chi connectivity index (χ1) is 12.9. The fraction of sp³-hybridized carbons (Fsp3) is 0.118. The first-order valence-corrected chi connectivity index (χ1v) is 8.04. The fourth-order valence-electron chi connectivity index (χ4n) is 2.97. The van der Waals surface area contributed by atoms with Gasteiger partial charge in [0.25, 0.3) is 12.0 Å². The van der Waals surface area contributed by atoms with Crippen molar-refractivity contribution in [3.8, 4) is 17.3 Å². The summed E-state index contributed by atoms with van der Waals surface area (Å²) in [5.41, 5.74) is -0.618. The first-order valence-electron chi connectivity index (χ1n) is 7.66. The molecule has 4 aromatic rings. The molecule has 0 spiro atoms. The van der Waals surface area contributed by atoms with Crippen LogP contribution in [0.4, 0.5) is 8.78 Å². The van der Waals surface area contributed by atoms with E-state index in [1.54, 1.807) is 31.2 Å². The van der Waals surface area contributed by atoms with Gasteiger partial charge in [-0.1, -0.05) is 11.6 Å². The maximum absolute atomic E-state index is 13.2. The number of rotatable bonds is 2. The number of nitrogens with zero attached hydrogens (tertiary/aromatic N) is 5. The Balaban J connectivity index is 2.11. The van der Waals surface area contributed by atoms with E-state index in [4.69, 9.17) is 11.6 Å². The molecule has 0 radical (unpaired) electrons. The molecule has 0 saturated carbocycles. The van der Waals surface area contributed by atoms with Crippen molar-refractivity contribution in [2.45, 2.75) is 13.3 Å². The van der Waals surface area contributed by atoms with E-state index >= 15 is 0 Å². The van der Waals surface area contributed by atoms with E-state index in [1.165, 1.54) is 6.33 Å². The van der Waals surface area contributed by atoms with Gasteiger partial charge in [-0.05, 0) is 25.1 Å². The van der Waals surface area contributed by atoms with Crippen molar-refractivity contribution in [2.24, 2.45) is 0 Å². The van der Waals surface area contributed by atoms with Crippen LogP contribution in [-0.2, 0) is 0 Å². The quantitative estimate of drug-likeness (QED) is 0.569. The minimum atomic E-state index is -2.95. The number of nitriles is 1. The number of fused-ring (bicyclic) bond motifs is 2. The maximum Gasteiger partial charge on any atom is 0.282 e. The van der Waals surface area contributed by atoms with E-state index in [9.17, 15) is 18.8 Å². The van der Waals surface area contributed by atoms with Crippen molar-refractivity contribution in [2.75, 3.05) is 0 Å². The lowest BCUT2D eigenvalue weighted by molar-refractivity contribution is 0.145. The molecule has 0 aliphatic heterocycles. The normalized spacial score (nSPS) is 11.4. The van der Waals surface area contributed by atoms with Gasteiger partial charge >= 0.3 is 0 Å². The highest BCUT2D eigenvalue weighted by molar-refractivity contribution is 6.31. The molecule has 1 N–H and O–H groups in total. The lowest BCUT2D eigenvalue weighted by Crippen LogP contribution is -2.20. The minimum Gasteiger partial charge on any atom is -0.287 e. The van der Waals surface area contributed by atoms with E-state index < -0.39 is 17.7 Å². The number of aryl methyl sites for hydroxylation is 1. The van der Waals surface area contributed by atoms with Crippen LogP contribution in [0.3, 0.4) is 0 Å². The number of benzene rings is 1. The van der Waals surface area contributed by atoms with Crippen LogP contribution >= 0.6 is 11.6 Å². The zero-order chi connectivity index (χ0) is 19.3. The molecular formula is C17H9ClF2N6O. The summed E-state index contributed by atoms with van der Waals surface area (Å²) in [4.78, 5) is 25.5. The number of halogens is 3. The topological polar surface area (TPSA) is 99.7 Å². The molecule has 0 amide bonds. The van der Waals surface area contributed by atoms with E-state index in [2.05, 4.69) is 20.1 Å². The van der Waals surface area contributed by atoms with Gasteiger partial charge in [0.05, 0.1) is 22.5 Å². The van der Waals surface area contributed by atoms with Gasteiger partial charge in [0.2, 0.25) is 0 Å². The Morgan fingerprint density at radius 1 is 1.33 bits per heavy atom. The van der Waals surface area contributed by atoms with Crippen LogP contribution in [0.2, 0.25) is 5.02 Å². The van der Waals surface area contributed by atoms with Crippen LogP contribution in [-0.4, -0.2) is 24.6 Å². The first kappa shape index (κ1) is 17.1. The Bertz CT molecular complexity index is 1320. The smallest absolute Gasteiger partial charge is 0.282 e. The Kier molecular flexibility index (Phi) is 3.86. The average molecular weight is 387 g/mol. The van der Waals surface area contributed by atoms with E-state index in [-0.39, 0.29) is 22.5 Å². The lowest BCUT2D eigenvalue weighted by atomic mass is 10.1. The molecule has 0 unspecified atom stereocenters. The van der Waals surface area contributed by atoms with Crippen LogP contribution in [0, 0.1) is 18.3 Å². The summed E-state index contributed by atoms with van der Waals surface area (Å²) in [6.45, 7) is 1.55. The third kappa shape index (κ3) is 2.53. The molecule has 134 valence electrons. The second-order valence-corrected chi connectivity index (χ2v) is 6.17. The molecule has 3 heterocycles. The summed E-state index contributed by atoms with van der Waals surface area (Å²) in [6, 6.07) is 6.60. The zero-order valence-electron chi connectivity index (χ0n) is 13.7. The van der Waals surface area contributed by atoms with Crippen LogP contribution in [0.1, 0.15) is 23.4 Å². The molecule has 7 nitrogen and oxygen atoms in total. The second-order valence-electron chi connectivity index (χ2n) is 5.73. The van der Waals surface area contributed by atoms with E-state index in [0.29, 0.717) is 21.6 Å². The Hall–Kier alpha value is -3.38. The standard InChI is InChI=1S/C17H9ClF2N6O/c1-7-12(13-9-3-2-8(18)4-11(9)22-6-23-13)17(27)26-16(24-7)10(5-21)14(25-26)15(19)20/h2-4,6,15,25H,1H3. The summed E-state index contributed by atoms with van der Waals surface area (Å²) >= 11 is 5.98. The summed E-state index contributed by atoms with van der Waals surface area (Å²) in [5.74, 6) is 0. The van der Waals surface area contributed by atoms with Gasteiger partial charge in [0.1, 0.15) is 23.7 Å². The van der Waals surface area contributed by atoms with Crippen molar-refractivity contribution in [3.05, 3.63) is 56.9 Å². The highest BCUT2D eigenvalue weighted by atomic mass is 35.5. The lowest BCUT2D eigenvalue weighted by Gasteiger charge is -2.08. The van der Waals surface area contributed by atoms with Crippen molar-refractivity contribution in [1.82, 2.24) is 24.6 Å². The van der Waals surface area contributed by atoms with Crippen LogP contribution in [0.5, 0.6) is 0 Å². The molecule has 0 fully saturated rings. The number of aromatic nitrogens is 5. The largest absolute Gasteiger partial charge is 0.287 e. The summed E-state index contributed by atoms with van der Waals surface area (Å²) < 4.78 is 27.2. The molecular weight excluding hydrogens is 378 g/mol.